The number of imidazole rings is 1. The summed E-state index contributed by atoms with van der Waals surface area (Å²) in [5.74, 6) is 0.176. The first-order chi connectivity index (χ1) is 6.36. The fourth-order valence-electron chi connectivity index (χ4n) is 0.783. The molecule has 2 aromatic rings. The second-order valence-electron chi connectivity index (χ2n) is 2.21. The smallest absolute Gasteiger partial charge is 0.274 e. The van der Waals surface area contributed by atoms with E-state index in [0.29, 0.717) is 11.5 Å². The molecule has 7 heteroatoms. The number of rotatable bonds is 2. The van der Waals surface area contributed by atoms with Gasteiger partial charge in [-0.05, 0) is 11.5 Å². The average Bonchev–Trinajstić information content (AvgIpc) is 2.74. The Hall–Kier alpha value is -1.76. The van der Waals surface area contributed by atoms with Crippen LogP contribution in [0, 0.1) is 0 Å². The summed E-state index contributed by atoms with van der Waals surface area (Å²) in [4.78, 5) is 17.7. The van der Waals surface area contributed by atoms with Gasteiger partial charge in [0.05, 0.1) is 17.9 Å². The molecular formula is C6H5N5OS. The van der Waals surface area contributed by atoms with Crippen molar-refractivity contribution in [2.24, 2.45) is 0 Å². The van der Waals surface area contributed by atoms with E-state index in [-0.39, 0.29) is 5.91 Å². The van der Waals surface area contributed by atoms with E-state index in [9.17, 15) is 4.79 Å². The Morgan fingerprint density at radius 3 is 3.15 bits per heavy atom. The molecule has 1 amide bonds. The molecule has 2 N–H and O–H groups in total. The van der Waals surface area contributed by atoms with Gasteiger partial charge in [0.1, 0.15) is 5.69 Å². The third-order valence-electron chi connectivity index (χ3n) is 1.34. The summed E-state index contributed by atoms with van der Waals surface area (Å²) in [6, 6.07) is 0. The van der Waals surface area contributed by atoms with Crippen molar-refractivity contribution in [2.45, 2.75) is 0 Å². The van der Waals surface area contributed by atoms with Crippen LogP contribution in [0.25, 0.3) is 0 Å². The van der Waals surface area contributed by atoms with Crippen LogP contribution in [0.15, 0.2) is 17.9 Å². The highest BCUT2D eigenvalue weighted by Gasteiger charge is 2.07. The summed E-state index contributed by atoms with van der Waals surface area (Å²) in [6.07, 6.45) is 2.88. The molecule has 0 spiro atoms. The zero-order valence-corrected chi connectivity index (χ0v) is 7.21. The lowest BCUT2D eigenvalue weighted by Gasteiger charge is -1.95. The van der Waals surface area contributed by atoms with Crippen molar-refractivity contribution in [2.75, 3.05) is 5.32 Å². The van der Waals surface area contributed by atoms with E-state index in [1.165, 1.54) is 24.1 Å². The Kier molecular flexibility index (Phi) is 2.01. The zero-order chi connectivity index (χ0) is 9.10. The van der Waals surface area contributed by atoms with Gasteiger partial charge >= 0.3 is 0 Å². The summed E-state index contributed by atoms with van der Waals surface area (Å²) < 4.78 is 3.61. The molecule has 0 aliphatic heterocycles. The molecule has 0 saturated heterocycles. The molecule has 0 fully saturated rings. The summed E-state index contributed by atoms with van der Waals surface area (Å²) in [5, 5.41) is 7.87. The Bertz CT molecular complexity index is 381. The molecular weight excluding hydrogens is 190 g/mol. The van der Waals surface area contributed by atoms with Crippen LogP contribution in [0.2, 0.25) is 0 Å². The molecule has 0 saturated carbocycles. The van der Waals surface area contributed by atoms with E-state index in [0.717, 1.165) is 0 Å². The third kappa shape index (κ3) is 1.70. The second kappa shape index (κ2) is 3.31. The van der Waals surface area contributed by atoms with Gasteiger partial charge in [-0.25, -0.2) is 4.98 Å². The monoisotopic (exact) mass is 195 g/mol. The number of aromatic amines is 1. The first-order valence-electron chi connectivity index (χ1n) is 3.43. The van der Waals surface area contributed by atoms with Gasteiger partial charge in [-0.15, -0.1) is 5.10 Å². The van der Waals surface area contributed by atoms with E-state index in [1.54, 1.807) is 5.38 Å². The quantitative estimate of drug-likeness (QED) is 0.731. The molecule has 0 aliphatic rings. The molecule has 2 rings (SSSR count). The number of carbonyl (C=O) groups excluding carboxylic acids is 1. The van der Waals surface area contributed by atoms with Crippen LogP contribution in [0.4, 0.5) is 5.82 Å². The molecule has 0 aliphatic carbocycles. The van der Waals surface area contributed by atoms with Gasteiger partial charge in [0, 0.05) is 0 Å². The number of amides is 1. The van der Waals surface area contributed by atoms with Crippen LogP contribution in [0.3, 0.4) is 0 Å². The second-order valence-corrected chi connectivity index (χ2v) is 2.82. The molecule has 0 radical (unpaired) electrons. The zero-order valence-electron chi connectivity index (χ0n) is 6.39. The van der Waals surface area contributed by atoms with E-state index in [1.807, 2.05) is 0 Å². The molecule has 0 unspecified atom stereocenters. The van der Waals surface area contributed by atoms with Crippen molar-refractivity contribution in [3.63, 3.8) is 0 Å². The van der Waals surface area contributed by atoms with Crippen LogP contribution in [0.5, 0.6) is 0 Å². The van der Waals surface area contributed by atoms with Crippen LogP contribution < -0.4 is 5.32 Å². The lowest BCUT2D eigenvalue weighted by Crippen LogP contribution is -2.12. The first-order valence-corrected chi connectivity index (χ1v) is 4.26. The number of hydrogen-bond acceptors (Lipinski definition) is 5. The summed E-state index contributed by atoms with van der Waals surface area (Å²) in [6.45, 7) is 0. The van der Waals surface area contributed by atoms with Crippen LogP contribution in [-0.2, 0) is 0 Å². The van der Waals surface area contributed by atoms with Crippen molar-refractivity contribution < 1.29 is 4.79 Å². The van der Waals surface area contributed by atoms with Gasteiger partial charge < -0.3 is 10.3 Å². The average molecular weight is 195 g/mol. The van der Waals surface area contributed by atoms with Gasteiger partial charge in [0.2, 0.25) is 0 Å². The van der Waals surface area contributed by atoms with Crippen LogP contribution >= 0.6 is 11.5 Å². The standard InChI is InChI=1S/C6H5N5OS/c12-6(4-1-7-3-8-4)9-5-2-13-11-10-5/h1-3H,(H,7,8)(H,9,12). The minimum Gasteiger partial charge on any atom is -0.341 e. The molecule has 13 heavy (non-hydrogen) atoms. The van der Waals surface area contributed by atoms with Crippen molar-refractivity contribution in [3.8, 4) is 0 Å². The Balaban J connectivity index is 2.08. The molecule has 0 aromatic carbocycles. The van der Waals surface area contributed by atoms with E-state index >= 15 is 0 Å². The van der Waals surface area contributed by atoms with Crippen LogP contribution in [0.1, 0.15) is 10.5 Å². The molecule has 0 bridgehead atoms. The lowest BCUT2D eigenvalue weighted by molar-refractivity contribution is 0.102. The summed E-state index contributed by atoms with van der Waals surface area (Å²) in [7, 11) is 0. The Morgan fingerprint density at radius 1 is 1.62 bits per heavy atom. The fraction of sp³-hybridized carbons (Fsp3) is 0. The third-order valence-corrected chi connectivity index (χ3v) is 1.85. The lowest BCUT2D eigenvalue weighted by atomic mass is 10.4. The maximum absolute atomic E-state index is 11.3. The molecule has 2 heterocycles. The Morgan fingerprint density at radius 2 is 2.54 bits per heavy atom. The van der Waals surface area contributed by atoms with Crippen molar-refractivity contribution in [1.29, 1.82) is 0 Å². The highest BCUT2D eigenvalue weighted by Crippen LogP contribution is 2.04. The predicted octanol–water partition coefficient (Wildman–Crippen LogP) is 0.513. The van der Waals surface area contributed by atoms with E-state index in [4.69, 9.17) is 0 Å². The number of H-pyrrole nitrogens is 1. The fourth-order valence-corrected chi connectivity index (χ4v) is 1.17. The highest BCUT2D eigenvalue weighted by atomic mass is 32.1. The molecule has 0 atom stereocenters. The van der Waals surface area contributed by atoms with Crippen molar-refractivity contribution in [3.05, 3.63) is 23.6 Å². The van der Waals surface area contributed by atoms with Crippen molar-refractivity contribution >= 4 is 23.3 Å². The number of nitrogens with one attached hydrogen (secondary N) is 2. The van der Waals surface area contributed by atoms with Gasteiger partial charge in [-0.2, -0.15) is 0 Å². The number of carbonyl (C=O) groups is 1. The summed E-state index contributed by atoms with van der Waals surface area (Å²) in [5.41, 5.74) is 0.396. The molecule has 2 aromatic heterocycles. The molecule has 6 nitrogen and oxygen atoms in total. The maximum Gasteiger partial charge on any atom is 0.274 e. The largest absolute Gasteiger partial charge is 0.341 e. The first kappa shape index (κ1) is 7.87. The van der Waals surface area contributed by atoms with Gasteiger partial charge in [-0.1, -0.05) is 4.49 Å². The summed E-state index contributed by atoms with van der Waals surface area (Å²) >= 11 is 1.18. The molecule has 66 valence electrons. The number of anilines is 1. The normalized spacial score (nSPS) is 9.85. The number of hydrogen-bond donors (Lipinski definition) is 2. The maximum atomic E-state index is 11.3. The van der Waals surface area contributed by atoms with Gasteiger partial charge in [0.15, 0.2) is 5.82 Å². The number of nitrogens with zero attached hydrogens (tertiary/aromatic N) is 3. The highest BCUT2D eigenvalue weighted by molar-refractivity contribution is 7.03. The predicted molar refractivity (Wildman–Crippen MR) is 46.4 cm³/mol. The van der Waals surface area contributed by atoms with E-state index in [2.05, 4.69) is 24.9 Å². The Labute approximate surface area is 77.2 Å². The van der Waals surface area contributed by atoms with E-state index < -0.39 is 0 Å². The SMILES string of the molecule is O=C(Nc1csnn1)c1cnc[nH]1. The van der Waals surface area contributed by atoms with Gasteiger partial charge in [-0.3, -0.25) is 4.79 Å². The van der Waals surface area contributed by atoms with Crippen molar-refractivity contribution in [1.82, 2.24) is 19.6 Å². The van der Waals surface area contributed by atoms with Crippen LogP contribution in [-0.4, -0.2) is 25.5 Å². The minimum atomic E-state index is -0.273. The topological polar surface area (TPSA) is 83.6 Å². The minimum absolute atomic E-state index is 0.273. The number of aromatic nitrogens is 4. The van der Waals surface area contributed by atoms with Gasteiger partial charge in [0.25, 0.3) is 5.91 Å².